The predicted octanol–water partition coefficient (Wildman–Crippen LogP) is 3.03. The fraction of sp³-hybridized carbons (Fsp3) is 0.400. The Morgan fingerprint density at radius 2 is 2.27 bits per heavy atom. The zero-order valence-corrected chi connectivity index (χ0v) is 17.1. The molecule has 3 aromatic heterocycles. The molecule has 1 saturated carbocycles. The van der Waals surface area contributed by atoms with E-state index in [-0.39, 0.29) is 24.3 Å². The van der Waals surface area contributed by atoms with Crippen LogP contribution in [0, 0.1) is 5.82 Å². The lowest BCUT2D eigenvalue weighted by Gasteiger charge is -2.37. The van der Waals surface area contributed by atoms with E-state index >= 15 is 0 Å². The summed E-state index contributed by atoms with van der Waals surface area (Å²) < 4.78 is 14.4. The van der Waals surface area contributed by atoms with Crippen molar-refractivity contribution in [3.63, 3.8) is 0 Å². The Hall–Kier alpha value is -2.78. The standard InChI is InChI=1S/C20H22ClFN6O2/c1-11(29)26-10-20(30)4-2-3-13(6-20)27-19-16(22)9-25-18(28-19)15-8-24-17-14(15)5-12(21)7-23-17/h5,7-9,13,30H,2-4,6,10H2,1H3,(H,23,24)(H,26,29)(H,25,27,28). The lowest BCUT2D eigenvalue weighted by Crippen LogP contribution is -2.48. The van der Waals surface area contributed by atoms with Gasteiger partial charge in [-0.05, 0) is 31.7 Å². The quantitative estimate of drug-likeness (QED) is 0.492. The van der Waals surface area contributed by atoms with Crippen molar-refractivity contribution in [1.29, 1.82) is 0 Å². The Morgan fingerprint density at radius 1 is 1.43 bits per heavy atom. The highest BCUT2D eigenvalue weighted by Crippen LogP contribution is 2.31. The largest absolute Gasteiger partial charge is 0.388 e. The van der Waals surface area contributed by atoms with Crippen molar-refractivity contribution < 1.29 is 14.3 Å². The first kappa shape index (κ1) is 20.5. The molecule has 1 aliphatic carbocycles. The van der Waals surface area contributed by atoms with Gasteiger partial charge in [0.25, 0.3) is 0 Å². The molecular weight excluding hydrogens is 411 g/mol. The predicted molar refractivity (Wildman–Crippen MR) is 112 cm³/mol. The van der Waals surface area contributed by atoms with E-state index < -0.39 is 11.4 Å². The van der Waals surface area contributed by atoms with Gasteiger partial charge >= 0.3 is 0 Å². The van der Waals surface area contributed by atoms with Crippen LogP contribution in [0.25, 0.3) is 22.4 Å². The van der Waals surface area contributed by atoms with E-state index in [9.17, 15) is 14.3 Å². The number of aromatic amines is 1. The molecule has 0 saturated heterocycles. The Morgan fingerprint density at radius 3 is 3.07 bits per heavy atom. The second-order valence-corrected chi connectivity index (χ2v) is 8.15. The van der Waals surface area contributed by atoms with Crippen LogP contribution < -0.4 is 10.6 Å². The molecule has 0 aliphatic heterocycles. The van der Waals surface area contributed by atoms with Gasteiger partial charge in [-0.15, -0.1) is 0 Å². The molecule has 10 heteroatoms. The summed E-state index contributed by atoms with van der Waals surface area (Å²) in [5.41, 5.74) is 0.258. The van der Waals surface area contributed by atoms with E-state index in [1.54, 1.807) is 12.3 Å². The highest BCUT2D eigenvalue weighted by Gasteiger charge is 2.35. The van der Waals surface area contributed by atoms with E-state index in [4.69, 9.17) is 11.6 Å². The van der Waals surface area contributed by atoms with Crippen LogP contribution in [-0.4, -0.2) is 49.1 Å². The number of hydrogen-bond donors (Lipinski definition) is 4. The molecule has 0 aromatic carbocycles. The number of carbonyl (C=O) groups excluding carboxylic acids is 1. The van der Waals surface area contributed by atoms with Crippen molar-refractivity contribution in [2.75, 3.05) is 11.9 Å². The summed E-state index contributed by atoms with van der Waals surface area (Å²) in [6.45, 7) is 1.58. The van der Waals surface area contributed by atoms with Crippen molar-refractivity contribution in [2.24, 2.45) is 0 Å². The van der Waals surface area contributed by atoms with Crippen LogP contribution in [0.15, 0.2) is 24.7 Å². The second kappa shape index (κ2) is 8.16. The van der Waals surface area contributed by atoms with Crippen molar-refractivity contribution in [3.8, 4) is 11.4 Å². The van der Waals surface area contributed by atoms with Gasteiger partial charge in [0.05, 0.1) is 16.8 Å². The third-order valence-electron chi connectivity index (χ3n) is 5.31. The first-order valence-electron chi connectivity index (χ1n) is 9.72. The maximum Gasteiger partial charge on any atom is 0.216 e. The fourth-order valence-corrected chi connectivity index (χ4v) is 4.03. The molecule has 0 radical (unpaired) electrons. The number of rotatable bonds is 5. The molecule has 2 unspecified atom stereocenters. The lowest BCUT2D eigenvalue weighted by atomic mass is 9.81. The molecule has 8 nitrogen and oxygen atoms in total. The van der Waals surface area contributed by atoms with Crippen LogP contribution in [0.5, 0.6) is 0 Å². The number of H-pyrrole nitrogens is 1. The number of halogens is 2. The molecule has 0 spiro atoms. The number of aliphatic hydroxyl groups is 1. The van der Waals surface area contributed by atoms with Crippen LogP contribution in [0.2, 0.25) is 5.02 Å². The summed E-state index contributed by atoms with van der Waals surface area (Å²) in [4.78, 5) is 26.9. The smallest absolute Gasteiger partial charge is 0.216 e. The minimum atomic E-state index is -1.03. The maximum absolute atomic E-state index is 14.4. The summed E-state index contributed by atoms with van der Waals surface area (Å²) in [5, 5.41) is 17.8. The van der Waals surface area contributed by atoms with Gasteiger partial charge in [-0.1, -0.05) is 11.6 Å². The molecule has 158 valence electrons. The number of carbonyl (C=O) groups is 1. The summed E-state index contributed by atoms with van der Waals surface area (Å²) in [5.74, 6) is -0.374. The van der Waals surface area contributed by atoms with Crippen LogP contribution in [0.1, 0.15) is 32.6 Å². The van der Waals surface area contributed by atoms with Crippen LogP contribution in [0.4, 0.5) is 10.2 Å². The second-order valence-electron chi connectivity index (χ2n) is 7.71. The monoisotopic (exact) mass is 432 g/mol. The van der Waals surface area contributed by atoms with E-state index in [1.165, 1.54) is 13.1 Å². The molecular formula is C20H22ClFN6O2. The summed E-state index contributed by atoms with van der Waals surface area (Å²) in [6.07, 6.45) is 6.82. The number of anilines is 1. The van der Waals surface area contributed by atoms with E-state index in [1.807, 2.05) is 0 Å². The van der Waals surface area contributed by atoms with Crippen molar-refractivity contribution in [1.82, 2.24) is 25.3 Å². The summed E-state index contributed by atoms with van der Waals surface area (Å²) in [7, 11) is 0. The maximum atomic E-state index is 14.4. The SMILES string of the molecule is CC(=O)NCC1(O)CCCC(Nc2nc(-c3c[nH]c4ncc(Cl)cc34)ncc2F)C1. The zero-order valence-electron chi connectivity index (χ0n) is 16.4. The Kier molecular flexibility index (Phi) is 5.57. The topological polar surface area (TPSA) is 116 Å². The zero-order chi connectivity index (χ0) is 21.3. The Balaban J connectivity index is 1.56. The van der Waals surface area contributed by atoms with Crippen molar-refractivity contribution in [3.05, 3.63) is 35.5 Å². The average Bonchev–Trinajstić information content (AvgIpc) is 3.11. The van der Waals surface area contributed by atoms with E-state index in [2.05, 4.69) is 30.6 Å². The molecule has 30 heavy (non-hydrogen) atoms. The van der Waals surface area contributed by atoms with Crippen molar-refractivity contribution in [2.45, 2.75) is 44.2 Å². The number of hydrogen-bond acceptors (Lipinski definition) is 6. The van der Waals surface area contributed by atoms with Gasteiger partial charge in [0, 0.05) is 42.9 Å². The van der Waals surface area contributed by atoms with Crippen LogP contribution >= 0.6 is 11.6 Å². The minimum absolute atomic E-state index is 0.0677. The third kappa shape index (κ3) is 4.36. The molecule has 4 N–H and O–H groups in total. The number of fused-ring (bicyclic) bond motifs is 1. The number of pyridine rings is 1. The fourth-order valence-electron chi connectivity index (χ4n) is 3.87. The first-order chi connectivity index (χ1) is 14.3. The molecule has 3 aromatic rings. The Labute approximate surface area is 177 Å². The van der Waals surface area contributed by atoms with Gasteiger partial charge < -0.3 is 20.7 Å². The number of nitrogens with one attached hydrogen (secondary N) is 3. The molecule has 2 atom stereocenters. The highest BCUT2D eigenvalue weighted by molar-refractivity contribution is 6.31. The summed E-state index contributed by atoms with van der Waals surface area (Å²) >= 11 is 6.05. The number of nitrogens with zero attached hydrogens (tertiary/aromatic N) is 3. The molecule has 1 amide bonds. The molecule has 0 bridgehead atoms. The van der Waals surface area contributed by atoms with Gasteiger partial charge in [-0.3, -0.25) is 4.79 Å². The summed E-state index contributed by atoms with van der Waals surface area (Å²) in [6, 6.07) is 1.56. The number of aromatic nitrogens is 4. The van der Waals surface area contributed by atoms with Crippen molar-refractivity contribution >= 4 is 34.4 Å². The molecule has 3 heterocycles. The third-order valence-corrected chi connectivity index (χ3v) is 5.52. The minimum Gasteiger partial charge on any atom is -0.388 e. The van der Waals surface area contributed by atoms with Gasteiger partial charge in [-0.2, -0.15) is 0 Å². The lowest BCUT2D eigenvalue weighted by molar-refractivity contribution is -0.120. The van der Waals surface area contributed by atoms with Gasteiger partial charge in [0.1, 0.15) is 5.65 Å². The van der Waals surface area contributed by atoms with Crippen LogP contribution in [0.3, 0.4) is 0 Å². The van der Waals surface area contributed by atoms with Crippen LogP contribution in [-0.2, 0) is 4.79 Å². The molecule has 1 fully saturated rings. The normalized spacial score (nSPS) is 21.5. The first-order valence-corrected chi connectivity index (χ1v) is 10.1. The van der Waals surface area contributed by atoms with Gasteiger partial charge in [-0.25, -0.2) is 19.3 Å². The van der Waals surface area contributed by atoms with E-state index in [0.29, 0.717) is 34.9 Å². The van der Waals surface area contributed by atoms with Gasteiger partial charge in [0.2, 0.25) is 5.91 Å². The van der Waals surface area contributed by atoms with Gasteiger partial charge in [0.15, 0.2) is 17.5 Å². The number of amides is 1. The highest BCUT2D eigenvalue weighted by atomic mass is 35.5. The average molecular weight is 433 g/mol. The van der Waals surface area contributed by atoms with E-state index in [0.717, 1.165) is 24.4 Å². The molecule has 1 aliphatic rings. The Bertz CT molecular complexity index is 1090. The molecule has 4 rings (SSSR count).